The molecule has 1 aromatic carbocycles. The highest BCUT2D eigenvalue weighted by atomic mass is 15.2. The molecule has 1 aliphatic heterocycles. The van der Waals surface area contributed by atoms with E-state index in [1.165, 1.54) is 50.8 Å². The van der Waals surface area contributed by atoms with Crippen molar-refractivity contribution in [1.82, 2.24) is 14.9 Å². The van der Waals surface area contributed by atoms with Gasteiger partial charge in [-0.25, -0.2) is 0 Å². The summed E-state index contributed by atoms with van der Waals surface area (Å²) in [6.07, 6.45) is 12.9. The van der Waals surface area contributed by atoms with E-state index in [0.717, 1.165) is 18.2 Å². The first-order chi connectivity index (χ1) is 10.9. The first-order valence-corrected chi connectivity index (χ1v) is 8.48. The predicted octanol–water partition coefficient (Wildman–Crippen LogP) is 3.02. The van der Waals surface area contributed by atoms with Gasteiger partial charge in [0, 0.05) is 44.1 Å². The highest BCUT2D eigenvalue weighted by molar-refractivity contribution is 5.35. The SMILES string of the molecule is c1cnc(Cc2ccc3c(c2)CCN(C2CCC2)CC3)cn1. The Hall–Kier alpha value is -1.74. The van der Waals surface area contributed by atoms with Gasteiger partial charge in [0.1, 0.15) is 0 Å². The molecule has 3 nitrogen and oxygen atoms in total. The van der Waals surface area contributed by atoms with Gasteiger partial charge in [0.25, 0.3) is 0 Å². The summed E-state index contributed by atoms with van der Waals surface area (Å²) in [7, 11) is 0. The van der Waals surface area contributed by atoms with Crippen LogP contribution in [-0.4, -0.2) is 34.0 Å². The molecule has 22 heavy (non-hydrogen) atoms. The summed E-state index contributed by atoms with van der Waals surface area (Å²) in [6.45, 7) is 2.47. The molecular weight excluding hydrogens is 270 g/mol. The van der Waals surface area contributed by atoms with Crippen LogP contribution in [0.1, 0.15) is 41.6 Å². The Bertz CT molecular complexity index is 634. The van der Waals surface area contributed by atoms with E-state index in [9.17, 15) is 0 Å². The van der Waals surface area contributed by atoms with Gasteiger partial charge < -0.3 is 0 Å². The van der Waals surface area contributed by atoms with Crippen LogP contribution in [0, 0.1) is 0 Å². The summed E-state index contributed by atoms with van der Waals surface area (Å²) in [5.41, 5.74) is 5.50. The Morgan fingerprint density at radius 2 is 1.91 bits per heavy atom. The van der Waals surface area contributed by atoms with Crippen molar-refractivity contribution in [2.24, 2.45) is 0 Å². The van der Waals surface area contributed by atoms with Crippen LogP contribution in [0.4, 0.5) is 0 Å². The normalized spacial score (nSPS) is 19.3. The fourth-order valence-electron chi connectivity index (χ4n) is 3.65. The van der Waals surface area contributed by atoms with Gasteiger partial charge >= 0.3 is 0 Å². The Morgan fingerprint density at radius 3 is 2.64 bits per heavy atom. The summed E-state index contributed by atoms with van der Waals surface area (Å²) in [5.74, 6) is 0. The zero-order valence-corrected chi connectivity index (χ0v) is 13.0. The zero-order chi connectivity index (χ0) is 14.8. The maximum Gasteiger partial charge on any atom is 0.0630 e. The van der Waals surface area contributed by atoms with Crippen LogP contribution in [0.15, 0.2) is 36.8 Å². The molecule has 0 radical (unpaired) electrons. The molecule has 0 saturated heterocycles. The van der Waals surface area contributed by atoms with Gasteiger partial charge in [0.05, 0.1) is 5.69 Å². The van der Waals surface area contributed by atoms with Crippen LogP contribution in [0.5, 0.6) is 0 Å². The van der Waals surface area contributed by atoms with Gasteiger partial charge in [-0.2, -0.15) is 0 Å². The molecule has 0 N–H and O–H groups in total. The van der Waals surface area contributed by atoms with E-state index in [2.05, 4.69) is 33.1 Å². The van der Waals surface area contributed by atoms with Crippen LogP contribution < -0.4 is 0 Å². The van der Waals surface area contributed by atoms with Crippen LogP contribution in [0.3, 0.4) is 0 Å². The molecule has 2 heterocycles. The molecule has 1 aliphatic carbocycles. The lowest BCUT2D eigenvalue weighted by molar-refractivity contribution is 0.133. The average molecular weight is 293 g/mol. The van der Waals surface area contributed by atoms with E-state index >= 15 is 0 Å². The second kappa shape index (κ2) is 6.17. The lowest BCUT2D eigenvalue weighted by Gasteiger charge is -2.36. The van der Waals surface area contributed by atoms with Gasteiger partial charge in [0.2, 0.25) is 0 Å². The fourth-order valence-corrected chi connectivity index (χ4v) is 3.65. The van der Waals surface area contributed by atoms with Gasteiger partial charge in [-0.1, -0.05) is 24.6 Å². The smallest absolute Gasteiger partial charge is 0.0630 e. The van der Waals surface area contributed by atoms with Crippen molar-refractivity contribution in [2.75, 3.05) is 13.1 Å². The van der Waals surface area contributed by atoms with E-state index in [4.69, 9.17) is 0 Å². The number of benzene rings is 1. The first kappa shape index (κ1) is 13.9. The van der Waals surface area contributed by atoms with E-state index in [0.29, 0.717) is 0 Å². The number of aromatic nitrogens is 2. The summed E-state index contributed by atoms with van der Waals surface area (Å²) in [5, 5.41) is 0. The molecule has 0 spiro atoms. The maximum absolute atomic E-state index is 4.39. The monoisotopic (exact) mass is 293 g/mol. The summed E-state index contributed by atoms with van der Waals surface area (Å²) in [4.78, 5) is 11.3. The van der Waals surface area contributed by atoms with Crippen LogP contribution in [0.25, 0.3) is 0 Å². The molecule has 0 atom stereocenters. The van der Waals surface area contributed by atoms with Crippen molar-refractivity contribution in [3.05, 3.63) is 59.2 Å². The number of hydrogen-bond acceptors (Lipinski definition) is 3. The number of hydrogen-bond donors (Lipinski definition) is 0. The molecule has 2 aliphatic rings. The minimum Gasteiger partial charge on any atom is -0.300 e. The minimum atomic E-state index is 0.869. The molecule has 3 heteroatoms. The molecule has 2 aromatic rings. The molecule has 1 saturated carbocycles. The van der Waals surface area contributed by atoms with Gasteiger partial charge in [-0.3, -0.25) is 14.9 Å². The third-order valence-electron chi connectivity index (χ3n) is 5.20. The standard InChI is InChI=1S/C19H23N3/c1-2-19(3-1)22-10-6-16-5-4-15(12-17(16)7-11-22)13-18-14-20-8-9-21-18/h4-5,8-9,12,14,19H,1-3,6-7,10-11,13H2. The predicted molar refractivity (Wildman–Crippen MR) is 87.9 cm³/mol. The van der Waals surface area contributed by atoms with Crippen molar-refractivity contribution in [1.29, 1.82) is 0 Å². The van der Waals surface area contributed by atoms with E-state index in [-0.39, 0.29) is 0 Å². The quantitative estimate of drug-likeness (QED) is 0.871. The Labute approximate surface area is 132 Å². The van der Waals surface area contributed by atoms with Crippen LogP contribution in [-0.2, 0) is 19.3 Å². The number of nitrogens with zero attached hydrogens (tertiary/aromatic N) is 3. The van der Waals surface area contributed by atoms with Crippen LogP contribution in [0.2, 0.25) is 0 Å². The first-order valence-electron chi connectivity index (χ1n) is 8.48. The Balaban J connectivity index is 1.49. The maximum atomic E-state index is 4.39. The molecular formula is C19H23N3. The zero-order valence-electron chi connectivity index (χ0n) is 13.0. The molecule has 114 valence electrons. The minimum absolute atomic E-state index is 0.869. The topological polar surface area (TPSA) is 29.0 Å². The summed E-state index contributed by atoms with van der Waals surface area (Å²) >= 11 is 0. The van der Waals surface area contributed by atoms with Crippen molar-refractivity contribution in [3.63, 3.8) is 0 Å². The van der Waals surface area contributed by atoms with Crippen molar-refractivity contribution >= 4 is 0 Å². The second-order valence-corrected chi connectivity index (χ2v) is 6.60. The number of rotatable bonds is 3. The van der Waals surface area contributed by atoms with Gasteiger partial charge in [0.15, 0.2) is 0 Å². The molecule has 1 aromatic heterocycles. The second-order valence-electron chi connectivity index (χ2n) is 6.60. The summed E-state index contributed by atoms with van der Waals surface area (Å²) in [6, 6.07) is 7.87. The fraction of sp³-hybridized carbons (Fsp3) is 0.474. The molecule has 0 bridgehead atoms. The van der Waals surface area contributed by atoms with E-state index in [1.807, 2.05) is 6.20 Å². The highest BCUT2D eigenvalue weighted by Gasteiger charge is 2.26. The molecule has 0 unspecified atom stereocenters. The van der Waals surface area contributed by atoms with Crippen molar-refractivity contribution in [3.8, 4) is 0 Å². The summed E-state index contributed by atoms with van der Waals surface area (Å²) < 4.78 is 0. The molecule has 0 amide bonds. The van der Waals surface area contributed by atoms with Gasteiger partial charge in [-0.05, 0) is 42.4 Å². The third-order valence-corrected chi connectivity index (χ3v) is 5.20. The Morgan fingerprint density at radius 1 is 1.05 bits per heavy atom. The van der Waals surface area contributed by atoms with Gasteiger partial charge in [-0.15, -0.1) is 0 Å². The van der Waals surface area contributed by atoms with Crippen LogP contribution >= 0.6 is 0 Å². The Kier molecular flexibility index (Phi) is 3.90. The third kappa shape index (κ3) is 2.91. The lowest BCUT2D eigenvalue weighted by atomic mass is 9.91. The molecule has 4 rings (SSSR count). The lowest BCUT2D eigenvalue weighted by Crippen LogP contribution is -2.41. The van der Waals surface area contributed by atoms with Crippen molar-refractivity contribution < 1.29 is 0 Å². The van der Waals surface area contributed by atoms with E-state index in [1.54, 1.807) is 23.5 Å². The number of fused-ring (bicyclic) bond motifs is 1. The molecule has 1 fully saturated rings. The average Bonchev–Trinajstić information content (AvgIpc) is 2.70. The van der Waals surface area contributed by atoms with Crippen molar-refractivity contribution in [2.45, 2.75) is 44.6 Å². The highest BCUT2D eigenvalue weighted by Crippen LogP contribution is 2.27. The largest absolute Gasteiger partial charge is 0.300 e. The van der Waals surface area contributed by atoms with E-state index < -0.39 is 0 Å².